The highest BCUT2D eigenvalue weighted by Crippen LogP contribution is 2.30. The van der Waals surface area contributed by atoms with Gasteiger partial charge in [-0.3, -0.25) is 9.59 Å². The first-order chi connectivity index (χ1) is 16.9. The summed E-state index contributed by atoms with van der Waals surface area (Å²) in [7, 11) is -3.61. The van der Waals surface area contributed by atoms with Crippen molar-refractivity contribution in [3.8, 4) is 0 Å². The lowest BCUT2D eigenvalue weighted by molar-refractivity contribution is -0.137. The average molecular weight is 544 g/mol. The topological polar surface area (TPSA) is 118 Å². The van der Waals surface area contributed by atoms with Crippen LogP contribution in [0.25, 0.3) is 0 Å². The molecule has 4 N–H and O–H groups in total. The van der Waals surface area contributed by atoms with Gasteiger partial charge in [0.1, 0.15) is 0 Å². The predicted octanol–water partition coefficient (Wildman–Crippen LogP) is 3.24. The molecule has 2 aromatic carbocycles. The fourth-order valence-electron chi connectivity index (χ4n) is 4.16. The van der Waals surface area contributed by atoms with Crippen LogP contribution in [-0.4, -0.2) is 50.9 Å². The van der Waals surface area contributed by atoms with Gasteiger partial charge in [0.25, 0.3) is 5.91 Å². The van der Waals surface area contributed by atoms with E-state index in [4.69, 9.17) is 5.73 Å². The second kappa shape index (κ2) is 11.7. The van der Waals surface area contributed by atoms with Crippen molar-refractivity contribution in [2.45, 2.75) is 47.3 Å². The molecule has 7 nitrogen and oxygen atoms in total. The van der Waals surface area contributed by atoms with Crippen molar-refractivity contribution >= 4 is 33.4 Å². The van der Waals surface area contributed by atoms with E-state index < -0.39 is 46.0 Å². The Morgan fingerprint density at radius 1 is 1.11 bits per heavy atom. The van der Waals surface area contributed by atoms with E-state index in [9.17, 15) is 31.2 Å². The molecule has 1 aliphatic rings. The summed E-state index contributed by atoms with van der Waals surface area (Å²) in [5.41, 5.74) is 4.86. The number of sulfone groups is 1. The second-order valence-electron chi connectivity index (χ2n) is 8.73. The van der Waals surface area contributed by atoms with Crippen LogP contribution in [0.15, 0.2) is 58.3 Å². The zero-order chi connectivity index (χ0) is 26.5. The Morgan fingerprint density at radius 2 is 1.81 bits per heavy atom. The Labute approximate surface area is 212 Å². The van der Waals surface area contributed by atoms with Crippen molar-refractivity contribution in [1.82, 2.24) is 10.6 Å². The molecule has 3 rings (SSSR count). The summed E-state index contributed by atoms with van der Waals surface area (Å²) in [4.78, 5) is 25.9. The molecule has 0 radical (unpaired) electrons. The Bertz CT molecular complexity index is 1190. The first kappa shape index (κ1) is 28.0. The minimum atomic E-state index is -4.60. The molecule has 2 aromatic rings. The highest BCUT2D eigenvalue weighted by atomic mass is 32.2. The number of alkyl halides is 3. The van der Waals surface area contributed by atoms with Gasteiger partial charge in [-0.25, -0.2) is 8.42 Å². The van der Waals surface area contributed by atoms with E-state index in [1.807, 2.05) is 6.26 Å². The highest BCUT2D eigenvalue weighted by molar-refractivity contribution is 7.98. The number of amides is 2. The summed E-state index contributed by atoms with van der Waals surface area (Å²) < 4.78 is 64.6. The van der Waals surface area contributed by atoms with Gasteiger partial charge in [0.2, 0.25) is 5.91 Å². The number of benzene rings is 2. The summed E-state index contributed by atoms with van der Waals surface area (Å²) >= 11 is 1.50. The molecule has 1 aliphatic carbocycles. The number of nitrogens with two attached hydrogens (primary N) is 1. The van der Waals surface area contributed by atoms with Crippen LogP contribution in [0.5, 0.6) is 0 Å². The van der Waals surface area contributed by atoms with Gasteiger partial charge < -0.3 is 16.4 Å². The van der Waals surface area contributed by atoms with E-state index in [1.54, 1.807) is 24.3 Å². The summed E-state index contributed by atoms with van der Waals surface area (Å²) in [5, 5.41) is 5.06. The highest BCUT2D eigenvalue weighted by Gasteiger charge is 2.34. The molecule has 196 valence electrons. The molecule has 12 heteroatoms. The van der Waals surface area contributed by atoms with Crippen LogP contribution >= 0.6 is 11.8 Å². The van der Waals surface area contributed by atoms with Gasteiger partial charge in [0.15, 0.2) is 9.84 Å². The Morgan fingerprint density at radius 3 is 2.44 bits per heavy atom. The Hall–Kier alpha value is -2.57. The molecule has 0 spiro atoms. The van der Waals surface area contributed by atoms with Crippen LogP contribution in [0.1, 0.15) is 35.2 Å². The molecule has 0 bridgehead atoms. The Kier molecular flexibility index (Phi) is 9.07. The van der Waals surface area contributed by atoms with Gasteiger partial charge in [0, 0.05) is 22.5 Å². The SMILES string of the molecule is CSc1ccc(S(=O)(=O)C[C@H]2CC[C@H](N)C[C@@H]2NC(=O)CNC(=O)c2cccc(C(F)(F)F)c2)cc1. The maximum Gasteiger partial charge on any atom is 0.416 e. The molecule has 36 heavy (non-hydrogen) atoms. The van der Waals surface area contributed by atoms with Gasteiger partial charge in [-0.15, -0.1) is 11.8 Å². The van der Waals surface area contributed by atoms with Crippen LogP contribution in [-0.2, 0) is 20.8 Å². The van der Waals surface area contributed by atoms with Gasteiger partial charge in [-0.1, -0.05) is 6.07 Å². The van der Waals surface area contributed by atoms with Gasteiger partial charge >= 0.3 is 6.18 Å². The monoisotopic (exact) mass is 543 g/mol. The fourth-order valence-corrected chi connectivity index (χ4v) is 6.27. The lowest BCUT2D eigenvalue weighted by Crippen LogP contribution is -2.51. The number of hydrogen-bond acceptors (Lipinski definition) is 6. The van der Waals surface area contributed by atoms with Crippen LogP contribution in [0.3, 0.4) is 0 Å². The van der Waals surface area contributed by atoms with Gasteiger partial charge in [-0.05, 0) is 73.9 Å². The normalized spacial score (nSPS) is 20.5. The summed E-state index contributed by atoms with van der Waals surface area (Å²) in [6.07, 6.45) is -1.21. The van der Waals surface area contributed by atoms with Crippen LogP contribution < -0.4 is 16.4 Å². The molecular formula is C24H28F3N3O4S2. The van der Waals surface area contributed by atoms with E-state index in [0.29, 0.717) is 25.3 Å². The van der Waals surface area contributed by atoms with E-state index in [-0.39, 0.29) is 28.2 Å². The van der Waals surface area contributed by atoms with Gasteiger partial charge in [0.05, 0.1) is 22.8 Å². The minimum absolute atomic E-state index is 0.167. The van der Waals surface area contributed by atoms with Crippen LogP contribution in [0, 0.1) is 5.92 Å². The van der Waals surface area contributed by atoms with Crippen molar-refractivity contribution in [2.75, 3.05) is 18.6 Å². The molecular weight excluding hydrogens is 515 g/mol. The molecule has 1 saturated carbocycles. The smallest absolute Gasteiger partial charge is 0.351 e. The first-order valence-electron chi connectivity index (χ1n) is 11.3. The zero-order valence-electron chi connectivity index (χ0n) is 19.5. The lowest BCUT2D eigenvalue weighted by Gasteiger charge is -2.35. The van der Waals surface area contributed by atoms with Gasteiger partial charge in [-0.2, -0.15) is 13.2 Å². The maximum atomic E-state index is 13.0. The number of hydrogen-bond donors (Lipinski definition) is 3. The zero-order valence-corrected chi connectivity index (χ0v) is 21.2. The largest absolute Gasteiger partial charge is 0.416 e. The first-order valence-corrected chi connectivity index (χ1v) is 14.1. The maximum absolute atomic E-state index is 13.0. The van der Waals surface area contributed by atoms with Crippen molar-refractivity contribution in [1.29, 1.82) is 0 Å². The van der Waals surface area contributed by atoms with Crippen molar-refractivity contribution in [3.05, 3.63) is 59.7 Å². The average Bonchev–Trinajstić information content (AvgIpc) is 2.83. The predicted molar refractivity (Wildman–Crippen MR) is 131 cm³/mol. The van der Waals surface area contributed by atoms with E-state index in [2.05, 4.69) is 10.6 Å². The number of thioether (sulfide) groups is 1. The van der Waals surface area contributed by atoms with Crippen molar-refractivity contribution in [2.24, 2.45) is 11.7 Å². The van der Waals surface area contributed by atoms with E-state index in [0.717, 1.165) is 17.0 Å². The van der Waals surface area contributed by atoms with E-state index in [1.165, 1.54) is 17.8 Å². The molecule has 0 heterocycles. The summed E-state index contributed by atoms with van der Waals surface area (Å²) in [6.45, 7) is -0.476. The summed E-state index contributed by atoms with van der Waals surface area (Å²) in [5.74, 6) is -1.96. The van der Waals surface area contributed by atoms with Crippen molar-refractivity contribution in [3.63, 3.8) is 0 Å². The summed E-state index contributed by atoms with van der Waals surface area (Å²) in [6, 6.07) is 9.75. The Balaban J connectivity index is 1.62. The van der Waals surface area contributed by atoms with Crippen LogP contribution in [0.4, 0.5) is 13.2 Å². The van der Waals surface area contributed by atoms with Crippen molar-refractivity contribution < 1.29 is 31.2 Å². The van der Waals surface area contributed by atoms with Crippen LogP contribution in [0.2, 0.25) is 0 Å². The number of halogens is 3. The fraction of sp³-hybridized carbons (Fsp3) is 0.417. The molecule has 0 aliphatic heterocycles. The molecule has 1 fully saturated rings. The van der Waals surface area contributed by atoms with E-state index >= 15 is 0 Å². The molecule has 2 amide bonds. The lowest BCUT2D eigenvalue weighted by atomic mass is 9.83. The third-order valence-electron chi connectivity index (χ3n) is 6.09. The molecule has 0 saturated heterocycles. The molecule has 3 atom stereocenters. The second-order valence-corrected chi connectivity index (χ2v) is 11.6. The number of carbonyl (C=O) groups is 2. The third-order valence-corrected chi connectivity index (χ3v) is 8.69. The molecule has 0 unspecified atom stereocenters. The number of carbonyl (C=O) groups excluding carboxylic acids is 2. The third kappa shape index (κ3) is 7.47. The number of nitrogens with one attached hydrogen (secondary N) is 2. The molecule has 0 aromatic heterocycles. The quantitative estimate of drug-likeness (QED) is 0.440. The number of rotatable bonds is 8. The standard InChI is InChI=1S/C24H28F3N3O4S2/c1-35-19-7-9-20(10-8-19)36(33,34)14-16-5-6-18(28)12-21(16)30-22(31)13-29-23(32)15-3-2-4-17(11-15)24(25,26)27/h2-4,7-11,16,18,21H,5-6,12-14,28H2,1H3,(H,29,32)(H,30,31)/t16-,18+,21+/m1/s1. The minimum Gasteiger partial charge on any atom is -0.351 e.